The quantitative estimate of drug-likeness (QED) is 0.647. The highest BCUT2D eigenvalue weighted by atomic mass is 16.3. The van der Waals surface area contributed by atoms with Crippen LogP contribution in [0, 0.1) is 0 Å². The van der Waals surface area contributed by atoms with Crippen LogP contribution in [0.5, 0.6) is 5.75 Å². The molecule has 4 nitrogen and oxygen atoms in total. The molecule has 1 rings (SSSR count). The Bertz CT molecular complexity index is 480. The van der Waals surface area contributed by atoms with Gasteiger partial charge in [-0.1, -0.05) is 12.1 Å². The molecule has 0 spiro atoms. The third kappa shape index (κ3) is 6.77. The van der Waals surface area contributed by atoms with E-state index in [1.165, 1.54) is 0 Å². The predicted octanol–water partition coefficient (Wildman–Crippen LogP) is 2.23. The monoisotopic (exact) mass is 307 g/mol. The summed E-state index contributed by atoms with van der Waals surface area (Å²) in [5.41, 5.74) is 20.2. The average Bonchev–Trinajstić information content (AvgIpc) is 2.18. The smallest absolute Gasteiger partial charge is 0.122 e. The maximum Gasteiger partial charge on any atom is 0.122 e. The molecule has 7 N–H and O–H groups in total. The van der Waals surface area contributed by atoms with Crippen molar-refractivity contribution in [3.8, 4) is 5.75 Å². The fourth-order valence-electron chi connectivity index (χ4n) is 2.71. The van der Waals surface area contributed by atoms with Crippen LogP contribution in [0.25, 0.3) is 0 Å². The normalized spacial score (nSPS) is 13.5. The highest BCUT2D eigenvalue weighted by Crippen LogP contribution is 2.30. The second-order valence-electron chi connectivity index (χ2n) is 8.76. The number of phenolic OH excluding ortho intramolecular Hbond substituents is 1. The summed E-state index contributed by atoms with van der Waals surface area (Å²) in [6.45, 7) is 11.8. The number of aromatic hydroxyl groups is 1. The van der Waals surface area contributed by atoms with Crippen molar-refractivity contribution in [2.45, 2.75) is 77.4 Å². The molecule has 0 saturated heterocycles. The SMILES string of the molecule is CC(C)(N)Cc1cc(CC(C)(C)N)c(O)c(CC(C)(C)N)c1. The topological polar surface area (TPSA) is 98.3 Å². The van der Waals surface area contributed by atoms with Gasteiger partial charge in [0, 0.05) is 16.6 Å². The van der Waals surface area contributed by atoms with Crippen molar-refractivity contribution >= 4 is 0 Å². The molecule has 22 heavy (non-hydrogen) atoms. The van der Waals surface area contributed by atoms with Gasteiger partial charge in [0.1, 0.15) is 5.75 Å². The molecule has 0 aliphatic heterocycles. The molecule has 0 aliphatic rings. The summed E-state index contributed by atoms with van der Waals surface area (Å²) in [5, 5.41) is 10.6. The molecule has 1 aromatic rings. The Labute approximate surface area is 135 Å². The molecule has 0 saturated carbocycles. The van der Waals surface area contributed by atoms with Gasteiger partial charge in [0.15, 0.2) is 0 Å². The Kier molecular flexibility index (Phi) is 5.33. The van der Waals surface area contributed by atoms with Gasteiger partial charge in [-0.3, -0.25) is 0 Å². The van der Waals surface area contributed by atoms with E-state index in [1.807, 2.05) is 53.7 Å². The van der Waals surface area contributed by atoms with E-state index in [9.17, 15) is 5.11 Å². The lowest BCUT2D eigenvalue weighted by molar-refractivity contribution is 0.431. The average molecular weight is 307 g/mol. The van der Waals surface area contributed by atoms with Gasteiger partial charge in [-0.25, -0.2) is 0 Å². The molecule has 0 fully saturated rings. The molecule has 4 heteroatoms. The van der Waals surface area contributed by atoms with Gasteiger partial charge in [0.2, 0.25) is 0 Å². The second-order valence-corrected chi connectivity index (χ2v) is 8.76. The highest BCUT2D eigenvalue weighted by molar-refractivity contribution is 5.45. The molecule has 0 aliphatic carbocycles. The molecule has 0 heterocycles. The first-order valence-electron chi connectivity index (χ1n) is 7.87. The Morgan fingerprint density at radius 2 is 1.05 bits per heavy atom. The molecular weight excluding hydrogens is 274 g/mol. The third-order valence-electron chi connectivity index (χ3n) is 3.28. The van der Waals surface area contributed by atoms with Crippen LogP contribution in [0.3, 0.4) is 0 Å². The lowest BCUT2D eigenvalue weighted by atomic mass is 9.86. The van der Waals surface area contributed by atoms with Crippen molar-refractivity contribution in [3.05, 3.63) is 28.8 Å². The third-order valence-corrected chi connectivity index (χ3v) is 3.28. The van der Waals surface area contributed by atoms with E-state index in [1.54, 1.807) is 0 Å². The molecule has 0 unspecified atom stereocenters. The molecule has 0 radical (unpaired) electrons. The first-order valence-corrected chi connectivity index (χ1v) is 7.87. The molecule has 0 amide bonds. The minimum Gasteiger partial charge on any atom is -0.507 e. The lowest BCUT2D eigenvalue weighted by Crippen LogP contribution is -2.36. The van der Waals surface area contributed by atoms with Crippen molar-refractivity contribution in [1.82, 2.24) is 0 Å². The summed E-state index contributed by atoms with van der Waals surface area (Å²) in [6, 6.07) is 4.04. The van der Waals surface area contributed by atoms with Gasteiger partial charge in [0.25, 0.3) is 0 Å². The zero-order chi connectivity index (χ0) is 17.3. The number of hydrogen-bond acceptors (Lipinski definition) is 4. The Balaban J connectivity index is 3.30. The number of nitrogens with two attached hydrogens (primary N) is 3. The van der Waals surface area contributed by atoms with Gasteiger partial charge in [0.05, 0.1) is 0 Å². The van der Waals surface area contributed by atoms with E-state index in [0.717, 1.165) is 23.1 Å². The molecule has 0 bridgehead atoms. The first-order chi connectivity index (χ1) is 9.66. The summed E-state index contributed by atoms with van der Waals surface area (Å²) >= 11 is 0. The number of phenols is 1. The molecule has 0 atom stereocenters. The van der Waals surface area contributed by atoms with E-state index >= 15 is 0 Å². The van der Waals surface area contributed by atoms with Crippen LogP contribution in [0.15, 0.2) is 12.1 Å². The highest BCUT2D eigenvalue weighted by Gasteiger charge is 2.22. The molecule has 126 valence electrons. The summed E-state index contributed by atoms with van der Waals surface area (Å²) < 4.78 is 0. The van der Waals surface area contributed by atoms with Crippen molar-refractivity contribution < 1.29 is 5.11 Å². The number of rotatable bonds is 6. The molecule has 1 aromatic carbocycles. The van der Waals surface area contributed by atoms with E-state index in [2.05, 4.69) is 0 Å². The van der Waals surface area contributed by atoms with Gasteiger partial charge in [-0.05, 0) is 77.5 Å². The lowest BCUT2D eigenvalue weighted by Gasteiger charge is -2.25. The van der Waals surface area contributed by atoms with Gasteiger partial charge >= 0.3 is 0 Å². The van der Waals surface area contributed by atoms with Crippen LogP contribution in [-0.4, -0.2) is 21.7 Å². The fourth-order valence-corrected chi connectivity index (χ4v) is 2.71. The number of hydrogen-bond donors (Lipinski definition) is 4. The minimum absolute atomic E-state index is 0.304. The second kappa shape index (κ2) is 6.19. The van der Waals surface area contributed by atoms with Crippen molar-refractivity contribution in [2.75, 3.05) is 0 Å². The zero-order valence-corrected chi connectivity index (χ0v) is 15.0. The van der Waals surface area contributed by atoms with E-state index in [-0.39, 0.29) is 16.6 Å². The van der Waals surface area contributed by atoms with Gasteiger partial charge < -0.3 is 22.3 Å². The standard InChI is InChI=1S/C18H33N3O/c1-16(2,19)9-12-7-13(10-17(3,4)20)15(22)14(8-12)11-18(5,6)21/h7-8,22H,9-11,19-21H2,1-6H3. The molecule has 0 aromatic heterocycles. The van der Waals surface area contributed by atoms with Crippen LogP contribution >= 0.6 is 0 Å². The molecular formula is C18H33N3O. The zero-order valence-electron chi connectivity index (χ0n) is 15.0. The van der Waals surface area contributed by atoms with E-state index in [0.29, 0.717) is 18.6 Å². The van der Waals surface area contributed by atoms with Crippen LogP contribution in [0.4, 0.5) is 0 Å². The van der Waals surface area contributed by atoms with Crippen LogP contribution in [-0.2, 0) is 19.3 Å². The van der Waals surface area contributed by atoms with Crippen LogP contribution in [0.1, 0.15) is 58.2 Å². The van der Waals surface area contributed by atoms with Gasteiger partial charge in [-0.2, -0.15) is 0 Å². The van der Waals surface area contributed by atoms with Crippen molar-refractivity contribution in [1.29, 1.82) is 0 Å². The Morgan fingerprint density at radius 1 is 0.727 bits per heavy atom. The maximum absolute atomic E-state index is 10.6. The van der Waals surface area contributed by atoms with E-state index in [4.69, 9.17) is 17.2 Å². The summed E-state index contributed by atoms with van der Waals surface area (Å²) in [4.78, 5) is 0. The summed E-state index contributed by atoms with van der Waals surface area (Å²) in [6.07, 6.45) is 1.95. The Morgan fingerprint density at radius 3 is 1.32 bits per heavy atom. The maximum atomic E-state index is 10.6. The number of benzene rings is 1. The summed E-state index contributed by atoms with van der Waals surface area (Å²) in [7, 11) is 0. The van der Waals surface area contributed by atoms with Crippen molar-refractivity contribution in [2.24, 2.45) is 17.2 Å². The predicted molar refractivity (Wildman–Crippen MR) is 94.0 cm³/mol. The summed E-state index contributed by atoms with van der Waals surface area (Å²) in [5.74, 6) is 0.315. The van der Waals surface area contributed by atoms with E-state index < -0.39 is 0 Å². The van der Waals surface area contributed by atoms with Crippen LogP contribution in [0.2, 0.25) is 0 Å². The Hall–Kier alpha value is -1.10. The fraction of sp³-hybridized carbons (Fsp3) is 0.667. The van der Waals surface area contributed by atoms with Gasteiger partial charge in [-0.15, -0.1) is 0 Å². The van der Waals surface area contributed by atoms with Crippen LogP contribution < -0.4 is 17.2 Å². The van der Waals surface area contributed by atoms with Crippen molar-refractivity contribution in [3.63, 3.8) is 0 Å². The first kappa shape index (κ1) is 18.9. The largest absolute Gasteiger partial charge is 0.507 e. The minimum atomic E-state index is -0.385.